The molecule has 0 amide bonds. The Morgan fingerprint density at radius 1 is 1.33 bits per heavy atom. The summed E-state index contributed by atoms with van der Waals surface area (Å²) in [6.07, 6.45) is 3.43. The summed E-state index contributed by atoms with van der Waals surface area (Å²) in [7, 11) is 0. The van der Waals surface area contributed by atoms with Crippen molar-refractivity contribution in [1.29, 1.82) is 0 Å². The molecular weight excluding hydrogens is 188 g/mol. The summed E-state index contributed by atoms with van der Waals surface area (Å²) < 4.78 is 5.70. The Balaban J connectivity index is 2.28. The van der Waals surface area contributed by atoms with Gasteiger partial charge in [-0.2, -0.15) is 0 Å². The lowest BCUT2D eigenvalue weighted by Crippen LogP contribution is -2.06. The molecule has 15 heavy (non-hydrogen) atoms. The molecule has 1 atom stereocenters. The highest BCUT2D eigenvalue weighted by Gasteiger charge is 2.14. The van der Waals surface area contributed by atoms with Gasteiger partial charge < -0.3 is 9.72 Å². The van der Waals surface area contributed by atoms with Crippen molar-refractivity contribution < 1.29 is 4.74 Å². The zero-order chi connectivity index (χ0) is 10.5. The third-order valence-electron chi connectivity index (χ3n) is 2.24. The van der Waals surface area contributed by atoms with Crippen LogP contribution in [0.1, 0.15) is 24.3 Å². The molecule has 0 saturated heterocycles. The smallest absolute Gasteiger partial charge is 0.124 e. The fourth-order valence-corrected chi connectivity index (χ4v) is 1.57. The van der Waals surface area contributed by atoms with Crippen LogP contribution in [-0.4, -0.2) is 16.6 Å². The van der Waals surface area contributed by atoms with Gasteiger partial charge in [0, 0.05) is 6.61 Å². The first-order valence-corrected chi connectivity index (χ1v) is 5.06. The van der Waals surface area contributed by atoms with Crippen molar-refractivity contribution in [3.05, 3.63) is 54.1 Å². The predicted molar refractivity (Wildman–Crippen MR) is 58.5 cm³/mol. The highest BCUT2D eigenvalue weighted by Crippen LogP contribution is 2.23. The Labute approximate surface area is 89.1 Å². The first kappa shape index (κ1) is 9.93. The lowest BCUT2D eigenvalue weighted by Gasteiger charge is -2.15. The number of ether oxygens (including phenoxy) is 1. The van der Waals surface area contributed by atoms with Gasteiger partial charge in [0.2, 0.25) is 0 Å². The highest BCUT2D eigenvalue weighted by atomic mass is 16.5. The molecule has 2 aromatic rings. The van der Waals surface area contributed by atoms with Gasteiger partial charge in [0.05, 0.1) is 18.2 Å². The highest BCUT2D eigenvalue weighted by molar-refractivity contribution is 5.24. The van der Waals surface area contributed by atoms with Gasteiger partial charge in [-0.1, -0.05) is 30.3 Å². The van der Waals surface area contributed by atoms with Crippen LogP contribution in [0.4, 0.5) is 0 Å². The standard InChI is InChI=1S/C12H14N2O/c1-2-15-12(11-8-13-9-14-11)10-6-4-3-5-7-10/h3-9,12H,2H2,1H3,(H,13,14). The summed E-state index contributed by atoms with van der Waals surface area (Å²) in [6, 6.07) is 10.1. The molecule has 1 N–H and O–H groups in total. The zero-order valence-corrected chi connectivity index (χ0v) is 8.68. The fraction of sp³-hybridized carbons (Fsp3) is 0.250. The SMILES string of the molecule is CCOC(c1ccccc1)c1cnc[nH]1. The molecule has 0 fully saturated rings. The monoisotopic (exact) mass is 202 g/mol. The van der Waals surface area contributed by atoms with Crippen LogP contribution in [0.15, 0.2) is 42.9 Å². The molecule has 3 nitrogen and oxygen atoms in total. The summed E-state index contributed by atoms with van der Waals surface area (Å²) in [5.41, 5.74) is 2.13. The van der Waals surface area contributed by atoms with Crippen molar-refractivity contribution in [2.45, 2.75) is 13.0 Å². The van der Waals surface area contributed by atoms with Gasteiger partial charge in [-0.25, -0.2) is 4.98 Å². The summed E-state index contributed by atoms with van der Waals surface area (Å²) in [5, 5.41) is 0. The number of H-pyrrole nitrogens is 1. The van der Waals surface area contributed by atoms with E-state index in [2.05, 4.69) is 22.1 Å². The predicted octanol–water partition coefficient (Wildman–Crippen LogP) is 2.54. The molecule has 0 aliphatic heterocycles. The number of rotatable bonds is 4. The average molecular weight is 202 g/mol. The molecule has 1 unspecified atom stereocenters. The second-order valence-corrected chi connectivity index (χ2v) is 3.25. The number of aromatic nitrogens is 2. The van der Waals surface area contributed by atoms with E-state index in [4.69, 9.17) is 4.74 Å². The second-order valence-electron chi connectivity index (χ2n) is 3.25. The molecule has 0 bridgehead atoms. The van der Waals surface area contributed by atoms with Crippen LogP contribution in [0, 0.1) is 0 Å². The molecule has 0 spiro atoms. The van der Waals surface area contributed by atoms with Gasteiger partial charge in [-0.05, 0) is 12.5 Å². The molecule has 0 saturated carbocycles. The Bertz CT molecular complexity index is 383. The molecule has 78 valence electrons. The number of nitrogens with one attached hydrogen (secondary N) is 1. The lowest BCUT2D eigenvalue weighted by molar-refractivity contribution is 0.0887. The number of hydrogen-bond acceptors (Lipinski definition) is 2. The van der Waals surface area contributed by atoms with Gasteiger partial charge in [0.25, 0.3) is 0 Å². The Kier molecular flexibility index (Phi) is 3.15. The first-order chi connectivity index (χ1) is 7.42. The van der Waals surface area contributed by atoms with Gasteiger partial charge in [0.15, 0.2) is 0 Å². The van der Waals surface area contributed by atoms with Crippen molar-refractivity contribution in [1.82, 2.24) is 9.97 Å². The van der Waals surface area contributed by atoms with Crippen molar-refractivity contribution >= 4 is 0 Å². The minimum Gasteiger partial charge on any atom is -0.367 e. The number of benzene rings is 1. The van der Waals surface area contributed by atoms with E-state index in [-0.39, 0.29) is 6.10 Å². The minimum absolute atomic E-state index is 0.0429. The number of hydrogen-bond donors (Lipinski definition) is 1. The van der Waals surface area contributed by atoms with Crippen LogP contribution < -0.4 is 0 Å². The normalized spacial score (nSPS) is 12.6. The maximum absolute atomic E-state index is 5.70. The van der Waals surface area contributed by atoms with E-state index < -0.39 is 0 Å². The van der Waals surface area contributed by atoms with Gasteiger partial charge in [-0.15, -0.1) is 0 Å². The largest absolute Gasteiger partial charge is 0.367 e. The van der Waals surface area contributed by atoms with E-state index in [1.807, 2.05) is 25.1 Å². The van der Waals surface area contributed by atoms with E-state index in [9.17, 15) is 0 Å². The molecular formula is C12H14N2O. The molecule has 2 rings (SSSR count). The molecule has 1 aromatic heterocycles. The molecule has 0 radical (unpaired) electrons. The van der Waals surface area contributed by atoms with E-state index in [0.717, 1.165) is 11.3 Å². The Hall–Kier alpha value is -1.61. The Morgan fingerprint density at radius 3 is 2.73 bits per heavy atom. The molecule has 1 heterocycles. The molecule has 1 aromatic carbocycles. The first-order valence-electron chi connectivity index (χ1n) is 5.06. The zero-order valence-electron chi connectivity index (χ0n) is 8.68. The minimum atomic E-state index is -0.0429. The van der Waals surface area contributed by atoms with Gasteiger partial charge in [0.1, 0.15) is 6.10 Å². The third kappa shape index (κ3) is 2.25. The van der Waals surface area contributed by atoms with Crippen LogP contribution >= 0.6 is 0 Å². The molecule has 0 aliphatic rings. The van der Waals surface area contributed by atoms with Crippen LogP contribution in [0.25, 0.3) is 0 Å². The van der Waals surface area contributed by atoms with E-state index in [0.29, 0.717) is 6.61 Å². The fourth-order valence-electron chi connectivity index (χ4n) is 1.57. The van der Waals surface area contributed by atoms with E-state index in [1.54, 1.807) is 12.5 Å². The summed E-state index contributed by atoms with van der Waals surface area (Å²) >= 11 is 0. The maximum Gasteiger partial charge on any atom is 0.124 e. The van der Waals surface area contributed by atoms with Crippen molar-refractivity contribution in [2.75, 3.05) is 6.61 Å². The number of imidazole rings is 1. The second kappa shape index (κ2) is 4.75. The van der Waals surface area contributed by atoms with Crippen LogP contribution in [0.3, 0.4) is 0 Å². The van der Waals surface area contributed by atoms with Gasteiger partial charge in [-0.3, -0.25) is 0 Å². The topological polar surface area (TPSA) is 37.9 Å². The van der Waals surface area contributed by atoms with Crippen LogP contribution in [0.5, 0.6) is 0 Å². The number of aromatic amines is 1. The van der Waals surface area contributed by atoms with Crippen molar-refractivity contribution in [3.8, 4) is 0 Å². The molecule has 0 aliphatic carbocycles. The Morgan fingerprint density at radius 2 is 2.13 bits per heavy atom. The third-order valence-corrected chi connectivity index (χ3v) is 2.24. The summed E-state index contributed by atoms with van der Waals surface area (Å²) in [4.78, 5) is 7.10. The van der Waals surface area contributed by atoms with Crippen molar-refractivity contribution in [3.63, 3.8) is 0 Å². The quantitative estimate of drug-likeness (QED) is 0.827. The lowest BCUT2D eigenvalue weighted by atomic mass is 10.1. The van der Waals surface area contributed by atoms with E-state index in [1.165, 1.54) is 0 Å². The van der Waals surface area contributed by atoms with E-state index >= 15 is 0 Å². The maximum atomic E-state index is 5.70. The van der Waals surface area contributed by atoms with Crippen LogP contribution in [-0.2, 0) is 4.74 Å². The average Bonchev–Trinajstić information content (AvgIpc) is 2.80. The number of nitrogens with zero attached hydrogens (tertiary/aromatic N) is 1. The van der Waals surface area contributed by atoms with Crippen molar-refractivity contribution in [2.24, 2.45) is 0 Å². The molecule has 3 heteroatoms. The van der Waals surface area contributed by atoms with Gasteiger partial charge >= 0.3 is 0 Å². The van der Waals surface area contributed by atoms with Crippen LogP contribution in [0.2, 0.25) is 0 Å². The summed E-state index contributed by atoms with van der Waals surface area (Å²) in [5.74, 6) is 0. The summed E-state index contributed by atoms with van der Waals surface area (Å²) in [6.45, 7) is 2.67.